The highest BCUT2D eigenvalue weighted by Crippen LogP contribution is 2.09. The Kier molecular flexibility index (Phi) is 7.84. The molecule has 0 spiro atoms. The number of alkyl halides is 1. The predicted molar refractivity (Wildman–Crippen MR) is 101 cm³/mol. The van der Waals surface area contributed by atoms with Crippen LogP contribution in [0.2, 0.25) is 0 Å². The highest BCUT2D eigenvalue weighted by Gasteiger charge is 2.06. The minimum atomic E-state index is 0.350. The van der Waals surface area contributed by atoms with Gasteiger partial charge >= 0.3 is 0 Å². The van der Waals surface area contributed by atoms with Crippen molar-refractivity contribution in [3.05, 3.63) is 53.9 Å². The lowest BCUT2D eigenvalue weighted by molar-refractivity contribution is 0.587. The topological polar surface area (TPSA) is 62.7 Å². The van der Waals surface area contributed by atoms with Crippen LogP contribution < -0.4 is 10.6 Å². The summed E-state index contributed by atoms with van der Waals surface area (Å²) >= 11 is 2.42. The number of nitrogens with zero attached hydrogens (tertiary/aromatic N) is 3. The summed E-state index contributed by atoms with van der Waals surface area (Å²) in [5.74, 6) is 0. The smallest absolute Gasteiger partial charge is 0.115 e. The van der Waals surface area contributed by atoms with E-state index in [2.05, 4.69) is 74.2 Å². The van der Waals surface area contributed by atoms with Crippen molar-refractivity contribution < 1.29 is 0 Å². The molecule has 2 aromatic heterocycles. The number of nitrogens with one attached hydrogen (secondary N) is 2. The summed E-state index contributed by atoms with van der Waals surface area (Å²) in [5, 5.41) is 6.89. The van der Waals surface area contributed by atoms with Crippen LogP contribution in [0, 0.1) is 0 Å². The number of pyridine rings is 1. The van der Waals surface area contributed by atoms with E-state index in [0.717, 1.165) is 37.2 Å². The molecule has 1 unspecified atom stereocenters. The number of hydrogen-bond acceptors (Lipinski definition) is 5. The molecule has 2 rings (SSSR count). The Morgan fingerprint density at radius 3 is 2.48 bits per heavy atom. The third-order valence-corrected chi connectivity index (χ3v) is 4.26. The molecule has 0 fully saturated rings. The van der Waals surface area contributed by atoms with Gasteiger partial charge in [0.2, 0.25) is 0 Å². The first-order valence-corrected chi connectivity index (χ1v) is 9.16. The van der Waals surface area contributed by atoms with Gasteiger partial charge in [0.15, 0.2) is 0 Å². The van der Waals surface area contributed by atoms with Crippen LogP contribution in [0.3, 0.4) is 0 Å². The Hall–Kier alpha value is -1.12. The summed E-state index contributed by atoms with van der Waals surface area (Å²) in [4.78, 5) is 12.6. The molecule has 0 saturated carbocycles. The zero-order valence-corrected chi connectivity index (χ0v) is 15.8. The normalized spacial score (nSPS) is 12.5. The Morgan fingerprint density at radius 2 is 1.83 bits per heavy atom. The molecule has 0 amide bonds. The van der Waals surface area contributed by atoms with Crippen LogP contribution in [0.25, 0.3) is 0 Å². The van der Waals surface area contributed by atoms with Crippen molar-refractivity contribution >= 4 is 22.6 Å². The molecule has 124 valence electrons. The van der Waals surface area contributed by atoms with Crippen molar-refractivity contribution in [2.24, 2.45) is 0 Å². The van der Waals surface area contributed by atoms with Gasteiger partial charge in [-0.15, -0.1) is 0 Å². The van der Waals surface area contributed by atoms with Gasteiger partial charge in [0.1, 0.15) is 6.33 Å². The van der Waals surface area contributed by atoms with Gasteiger partial charge in [-0.05, 0) is 18.1 Å². The first kappa shape index (κ1) is 18.2. The lowest BCUT2D eigenvalue weighted by Crippen LogP contribution is -2.25. The Morgan fingerprint density at radius 1 is 1.04 bits per heavy atom. The molecule has 2 aromatic rings. The van der Waals surface area contributed by atoms with Crippen LogP contribution in [-0.2, 0) is 19.4 Å². The van der Waals surface area contributed by atoms with E-state index < -0.39 is 0 Å². The van der Waals surface area contributed by atoms with Gasteiger partial charge in [0.25, 0.3) is 0 Å². The first-order valence-electron chi connectivity index (χ1n) is 7.92. The van der Waals surface area contributed by atoms with Gasteiger partial charge in [0.05, 0.1) is 4.05 Å². The fraction of sp³-hybridized carbons (Fsp3) is 0.471. The van der Waals surface area contributed by atoms with Gasteiger partial charge in [-0.3, -0.25) is 4.98 Å². The molecule has 0 radical (unpaired) electrons. The molecular formula is C17H24IN5. The van der Waals surface area contributed by atoms with Crippen molar-refractivity contribution in [1.82, 2.24) is 25.6 Å². The first-order chi connectivity index (χ1) is 11.1. The monoisotopic (exact) mass is 425 g/mol. The van der Waals surface area contributed by atoms with Gasteiger partial charge in [0, 0.05) is 55.4 Å². The van der Waals surface area contributed by atoms with E-state index in [1.165, 1.54) is 5.56 Å². The zero-order valence-electron chi connectivity index (χ0n) is 13.7. The zero-order chi connectivity index (χ0) is 16.5. The van der Waals surface area contributed by atoms with Crippen LogP contribution in [0.1, 0.15) is 30.7 Å². The molecule has 6 heteroatoms. The summed E-state index contributed by atoms with van der Waals surface area (Å²) in [7, 11) is 0. The van der Waals surface area contributed by atoms with Crippen LogP contribution in [0.5, 0.6) is 0 Å². The fourth-order valence-corrected chi connectivity index (χ4v) is 2.87. The molecule has 0 aromatic carbocycles. The number of rotatable bonds is 9. The third-order valence-electron chi connectivity index (χ3n) is 3.38. The average molecular weight is 425 g/mol. The number of aromatic nitrogens is 3. The summed E-state index contributed by atoms with van der Waals surface area (Å²) in [6.07, 6.45) is 9.14. The van der Waals surface area contributed by atoms with E-state index in [4.69, 9.17) is 0 Å². The highest BCUT2D eigenvalue weighted by molar-refractivity contribution is 14.1. The van der Waals surface area contributed by atoms with Crippen molar-refractivity contribution in [2.45, 2.75) is 43.3 Å². The van der Waals surface area contributed by atoms with Crippen LogP contribution in [0.4, 0.5) is 0 Å². The molecule has 0 aliphatic carbocycles. The SMILES string of the molecule is CC(C)NCCc1ccc(CC(I)NCc2cncnc2)cn1. The van der Waals surface area contributed by atoms with Crippen molar-refractivity contribution in [2.75, 3.05) is 6.54 Å². The largest absolute Gasteiger partial charge is 0.314 e. The minimum absolute atomic E-state index is 0.350. The van der Waals surface area contributed by atoms with Crippen LogP contribution in [0.15, 0.2) is 37.1 Å². The summed E-state index contributed by atoms with van der Waals surface area (Å²) in [5.41, 5.74) is 3.49. The minimum Gasteiger partial charge on any atom is -0.314 e. The number of hydrogen-bond donors (Lipinski definition) is 2. The maximum Gasteiger partial charge on any atom is 0.115 e. The van der Waals surface area contributed by atoms with E-state index in [0.29, 0.717) is 10.1 Å². The lowest BCUT2D eigenvalue weighted by Gasteiger charge is -2.12. The van der Waals surface area contributed by atoms with Crippen LogP contribution in [-0.4, -0.2) is 31.6 Å². The molecule has 0 aliphatic rings. The van der Waals surface area contributed by atoms with Crippen molar-refractivity contribution in [1.29, 1.82) is 0 Å². The third kappa shape index (κ3) is 7.32. The highest BCUT2D eigenvalue weighted by atomic mass is 127. The maximum absolute atomic E-state index is 4.56. The Balaban J connectivity index is 1.74. The van der Waals surface area contributed by atoms with E-state index in [-0.39, 0.29) is 0 Å². The molecule has 1 atom stereocenters. The van der Waals surface area contributed by atoms with Gasteiger partial charge in [-0.2, -0.15) is 0 Å². The van der Waals surface area contributed by atoms with Crippen LogP contribution >= 0.6 is 22.6 Å². The number of halogens is 1. The second-order valence-electron chi connectivity index (χ2n) is 5.82. The predicted octanol–water partition coefficient (Wildman–Crippen LogP) is 2.51. The second kappa shape index (κ2) is 9.89. The van der Waals surface area contributed by atoms with E-state index in [9.17, 15) is 0 Å². The molecular weight excluding hydrogens is 401 g/mol. The van der Waals surface area contributed by atoms with E-state index >= 15 is 0 Å². The summed E-state index contributed by atoms with van der Waals surface area (Å²) in [6, 6.07) is 4.83. The summed E-state index contributed by atoms with van der Waals surface area (Å²) in [6.45, 7) is 6.07. The van der Waals surface area contributed by atoms with Crippen molar-refractivity contribution in [3.63, 3.8) is 0 Å². The van der Waals surface area contributed by atoms with Crippen molar-refractivity contribution in [3.8, 4) is 0 Å². The molecule has 0 bridgehead atoms. The Bertz CT molecular complexity index is 559. The van der Waals surface area contributed by atoms with E-state index in [1.807, 2.05) is 18.6 Å². The molecule has 5 nitrogen and oxygen atoms in total. The maximum atomic E-state index is 4.56. The molecule has 2 N–H and O–H groups in total. The molecule has 0 aliphatic heterocycles. The second-order valence-corrected chi connectivity index (χ2v) is 7.32. The Labute approximate surface area is 151 Å². The fourth-order valence-electron chi connectivity index (χ4n) is 2.14. The molecule has 2 heterocycles. The van der Waals surface area contributed by atoms with Gasteiger partial charge in [-0.25, -0.2) is 9.97 Å². The summed E-state index contributed by atoms with van der Waals surface area (Å²) < 4.78 is 0.350. The van der Waals surface area contributed by atoms with Gasteiger partial charge < -0.3 is 10.6 Å². The van der Waals surface area contributed by atoms with Gasteiger partial charge in [-0.1, -0.05) is 42.5 Å². The molecule has 0 saturated heterocycles. The lowest BCUT2D eigenvalue weighted by atomic mass is 10.1. The average Bonchev–Trinajstić information content (AvgIpc) is 2.55. The van der Waals surface area contributed by atoms with E-state index in [1.54, 1.807) is 6.33 Å². The quantitative estimate of drug-likeness (QED) is 0.367. The standard InChI is InChI=1S/C17H24IN5/c1-13(2)21-6-5-16-4-3-14(10-22-16)7-17(18)23-11-15-8-19-12-20-9-15/h3-4,8-10,12-13,17,21,23H,5-7,11H2,1-2H3. The molecule has 23 heavy (non-hydrogen) atoms.